The van der Waals surface area contributed by atoms with Crippen molar-refractivity contribution in [2.24, 2.45) is 0 Å². The number of benzene rings is 2. The van der Waals surface area contributed by atoms with Crippen molar-refractivity contribution in [1.82, 2.24) is 14.8 Å². The van der Waals surface area contributed by atoms with Crippen LogP contribution in [0.2, 0.25) is 0 Å². The second kappa shape index (κ2) is 6.99. The Morgan fingerprint density at radius 2 is 1.86 bits per heavy atom. The van der Waals surface area contributed by atoms with Crippen molar-refractivity contribution in [2.45, 2.75) is 6.54 Å². The zero-order chi connectivity index (χ0) is 19.7. The number of nitrogens with one attached hydrogen (secondary N) is 2. The summed E-state index contributed by atoms with van der Waals surface area (Å²) in [4.78, 5) is 39.5. The maximum absolute atomic E-state index is 12.7. The fourth-order valence-corrected chi connectivity index (χ4v) is 3.03. The van der Waals surface area contributed by atoms with Gasteiger partial charge in [0, 0.05) is 22.0 Å². The number of rotatable bonds is 4. The summed E-state index contributed by atoms with van der Waals surface area (Å²) in [5, 5.41) is 8.42. The molecule has 2 heterocycles. The molecule has 0 aliphatic rings. The van der Waals surface area contributed by atoms with E-state index in [1.165, 1.54) is 7.11 Å². The molecule has 0 saturated carbocycles. The van der Waals surface area contributed by atoms with Gasteiger partial charge in [0.05, 0.1) is 18.9 Å². The van der Waals surface area contributed by atoms with Gasteiger partial charge in [-0.2, -0.15) is 5.10 Å². The van der Waals surface area contributed by atoms with Gasteiger partial charge in [-0.05, 0) is 30.3 Å². The van der Waals surface area contributed by atoms with Crippen LogP contribution in [0, 0.1) is 0 Å². The van der Waals surface area contributed by atoms with Crippen molar-refractivity contribution in [3.8, 4) is 0 Å². The van der Waals surface area contributed by atoms with Crippen LogP contribution in [0.3, 0.4) is 0 Å². The van der Waals surface area contributed by atoms with E-state index in [1.807, 2.05) is 24.3 Å². The molecule has 0 spiro atoms. The number of amides is 1. The lowest BCUT2D eigenvalue weighted by Crippen LogP contribution is -2.29. The summed E-state index contributed by atoms with van der Waals surface area (Å²) in [5.41, 5.74) is 1.75. The van der Waals surface area contributed by atoms with Crippen LogP contribution in [-0.4, -0.2) is 33.8 Å². The Bertz CT molecular complexity index is 1250. The monoisotopic (exact) mass is 376 g/mol. The molecule has 0 radical (unpaired) electrons. The van der Waals surface area contributed by atoms with Crippen molar-refractivity contribution in [2.75, 3.05) is 12.4 Å². The Labute approximate surface area is 158 Å². The first kappa shape index (κ1) is 17.5. The van der Waals surface area contributed by atoms with Gasteiger partial charge in [-0.3, -0.25) is 9.59 Å². The maximum atomic E-state index is 12.7. The molecule has 8 heteroatoms. The Hall–Kier alpha value is -3.94. The summed E-state index contributed by atoms with van der Waals surface area (Å²) >= 11 is 0. The Morgan fingerprint density at radius 3 is 2.61 bits per heavy atom. The number of carbonyl (C=O) groups is 2. The Balaban J connectivity index is 1.55. The largest absolute Gasteiger partial charge is 0.465 e. The van der Waals surface area contributed by atoms with E-state index in [1.54, 1.807) is 30.5 Å². The summed E-state index contributed by atoms with van der Waals surface area (Å²) in [6.07, 6.45) is 1.58. The van der Waals surface area contributed by atoms with Gasteiger partial charge in [0.1, 0.15) is 12.1 Å². The van der Waals surface area contributed by atoms with E-state index < -0.39 is 11.9 Å². The first-order chi connectivity index (χ1) is 13.6. The number of aromatic nitrogens is 3. The van der Waals surface area contributed by atoms with Gasteiger partial charge < -0.3 is 15.0 Å². The lowest BCUT2D eigenvalue weighted by Gasteiger charge is -2.07. The fourth-order valence-electron chi connectivity index (χ4n) is 3.03. The van der Waals surface area contributed by atoms with Gasteiger partial charge in [-0.1, -0.05) is 18.2 Å². The van der Waals surface area contributed by atoms with Crippen molar-refractivity contribution < 1.29 is 14.3 Å². The summed E-state index contributed by atoms with van der Waals surface area (Å²) in [6, 6.07) is 13.8. The molecule has 0 saturated heterocycles. The minimum atomic E-state index is -0.458. The van der Waals surface area contributed by atoms with Gasteiger partial charge in [0.2, 0.25) is 5.91 Å². The molecule has 2 N–H and O–H groups in total. The number of esters is 1. The number of H-pyrrole nitrogens is 1. The fraction of sp³-hybridized carbons (Fsp3) is 0.100. The zero-order valence-electron chi connectivity index (χ0n) is 14.9. The Morgan fingerprint density at radius 1 is 1.11 bits per heavy atom. The summed E-state index contributed by atoms with van der Waals surface area (Å²) in [5.74, 6) is -0.865. The quantitative estimate of drug-likeness (QED) is 0.532. The number of para-hydroxylation sites is 1. The number of anilines is 1. The average molecular weight is 376 g/mol. The molecule has 4 aromatic rings. The van der Waals surface area contributed by atoms with Gasteiger partial charge in [0.15, 0.2) is 0 Å². The number of methoxy groups -OCH3 is 1. The highest BCUT2D eigenvalue weighted by molar-refractivity contribution is 6.06. The van der Waals surface area contributed by atoms with Crippen molar-refractivity contribution >= 4 is 39.4 Å². The van der Waals surface area contributed by atoms with Crippen LogP contribution < -0.4 is 10.9 Å². The zero-order valence-corrected chi connectivity index (χ0v) is 14.9. The van der Waals surface area contributed by atoms with Crippen molar-refractivity contribution in [3.63, 3.8) is 0 Å². The molecule has 2 aromatic heterocycles. The van der Waals surface area contributed by atoms with E-state index in [9.17, 15) is 14.4 Å². The molecule has 1 amide bonds. The molecular formula is C20H16N4O4. The molecule has 4 rings (SSSR count). The van der Waals surface area contributed by atoms with E-state index >= 15 is 0 Å². The molecule has 0 fully saturated rings. The molecule has 0 bridgehead atoms. The number of nitrogens with zero attached hydrogens (tertiary/aromatic N) is 2. The van der Waals surface area contributed by atoms with E-state index in [2.05, 4.69) is 20.1 Å². The third-order valence-corrected chi connectivity index (χ3v) is 4.40. The normalized spacial score (nSPS) is 10.9. The van der Waals surface area contributed by atoms with Crippen LogP contribution in [-0.2, 0) is 16.1 Å². The van der Waals surface area contributed by atoms with Gasteiger partial charge in [0.25, 0.3) is 5.56 Å². The number of hydrogen-bond donors (Lipinski definition) is 2. The molecule has 140 valence electrons. The standard InChI is InChI=1S/C20H16N4O4/c1-28-20(27)12-6-8-13(9-7-12)22-17(25)11-24-19(26)18-15(10-21-24)14-4-2-3-5-16(14)23-18/h2-10,23H,11H2,1H3,(H,22,25). The summed E-state index contributed by atoms with van der Waals surface area (Å²) in [6.45, 7) is -0.233. The van der Waals surface area contributed by atoms with E-state index in [-0.39, 0.29) is 12.1 Å². The number of hydrogen-bond acceptors (Lipinski definition) is 5. The average Bonchev–Trinajstić information content (AvgIpc) is 3.09. The first-order valence-corrected chi connectivity index (χ1v) is 8.51. The molecule has 0 aliphatic heterocycles. The highest BCUT2D eigenvalue weighted by Crippen LogP contribution is 2.21. The molecule has 0 atom stereocenters. The predicted octanol–water partition coefficient (Wildman–Crippen LogP) is 2.30. The second-order valence-electron chi connectivity index (χ2n) is 6.18. The first-order valence-electron chi connectivity index (χ1n) is 8.51. The summed E-state index contributed by atoms with van der Waals surface area (Å²) in [7, 11) is 1.30. The predicted molar refractivity (Wildman–Crippen MR) is 104 cm³/mol. The van der Waals surface area contributed by atoms with Crippen LogP contribution in [0.15, 0.2) is 59.5 Å². The van der Waals surface area contributed by atoms with Crippen LogP contribution in [0.1, 0.15) is 10.4 Å². The SMILES string of the molecule is COC(=O)c1ccc(NC(=O)Cn2ncc3c([nH]c4ccccc43)c2=O)cc1. The summed E-state index contributed by atoms with van der Waals surface area (Å²) < 4.78 is 5.74. The molecule has 28 heavy (non-hydrogen) atoms. The van der Waals surface area contributed by atoms with Gasteiger partial charge in [-0.25, -0.2) is 9.48 Å². The van der Waals surface area contributed by atoms with Crippen LogP contribution in [0.4, 0.5) is 5.69 Å². The Kier molecular flexibility index (Phi) is 4.36. The lowest BCUT2D eigenvalue weighted by molar-refractivity contribution is -0.117. The van der Waals surface area contributed by atoms with Crippen LogP contribution in [0.5, 0.6) is 0 Å². The van der Waals surface area contributed by atoms with E-state index in [0.717, 1.165) is 21.0 Å². The van der Waals surface area contributed by atoms with Crippen molar-refractivity contribution in [1.29, 1.82) is 0 Å². The maximum Gasteiger partial charge on any atom is 0.337 e. The highest BCUT2D eigenvalue weighted by atomic mass is 16.5. The third kappa shape index (κ3) is 3.11. The molecule has 0 aliphatic carbocycles. The van der Waals surface area contributed by atoms with Crippen LogP contribution >= 0.6 is 0 Å². The smallest absolute Gasteiger partial charge is 0.337 e. The number of fused-ring (bicyclic) bond motifs is 3. The highest BCUT2D eigenvalue weighted by Gasteiger charge is 2.13. The van der Waals surface area contributed by atoms with Crippen LogP contribution in [0.25, 0.3) is 21.8 Å². The number of aromatic amines is 1. The molecule has 2 aromatic carbocycles. The molecule has 8 nitrogen and oxygen atoms in total. The second-order valence-corrected chi connectivity index (χ2v) is 6.18. The molecular weight excluding hydrogens is 360 g/mol. The third-order valence-electron chi connectivity index (χ3n) is 4.40. The van der Waals surface area contributed by atoms with E-state index in [0.29, 0.717) is 16.8 Å². The lowest BCUT2D eigenvalue weighted by atomic mass is 10.2. The van der Waals surface area contributed by atoms with Gasteiger partial charge >= 0.3 is 5.97 Å². The molecule has 0 unspecified atom stereocenters. The minimum absolute atomic E-state index is 0.233. The number of ether oxygens (including phenoxy) is 1. The minimum Gasteiger partial charge on any atom is -0.465 e. The van der Waals surface area contributed by atoms with Crippen molar-refractivity contribution in [3.05, 3.63) is 70.6 Å². The van der Waals surface area contributed by atoms with Gasteiger partial charge in [-0.15, -0.1) is 0 Å². The number of carbonyl (C=O) groups excluding carboxylic acids is 2. The van der Waals surface area contributed by atoms with E-state index in [4.69, 9.17) is 0 Å². The topological polar surface area (TPSA) is 106 Å².